The van der Waals surface area contributed by atoms with E-state index in [4.69, 9.17) is 5.73 Å². The number of carbonyl (C=O) groups is 2. The largest absolute Gasteiger partial charge is 0.354 e. The zero-order chi connectivity index (χ0) is 18.9. The predicted molar refractivity (Wildman–Crippen MR) is 105 cm³/mol. The fourth-order valence-electron chi connectivity index (χ4n) is 2.80. The summed E-state index contributed by atoms with van der Waals surface area (Å²) in [5, 5.41) is 2.80. The average molecular weight is 352 g/mol. The van der Waals surface area contributed by atoms with Crippen molar-refractivity contribution in [1.29, 1.82) is 0 Å². The SMILES string of the molecule is CC(C)Cc1ccc(C(=O)CCC(=O)NCC(N)c2ccccc2)cc1. The summed E-state index contributed by atoms with van der Waals surface area (Å²) < 4.78 is 0. The third-order valence-corrected chi connectivity index (χ3v) is 4.25. The number of carbonyl (C=O) groups excluding carboxylic acids is 2. The molecule has 26 heavy (non-hydrogen) atoms. The van der Waals surface area contributed by atoms with E-state index in [9.17, 15) is 9.59 Å². The van der Waals surface area contributed by atoms with Gasteiger partial charge in [-0.2, -0.15) is 0 Å². The van der Waals surface area contributed by atoms with E-state index in [1.54, 1.807) is 0 Å². The number of hydrogen-bond acceptors (Lipinski definition) is 3. The molecule has 0 saturated carbocycles. The maximum absolute atomic E-state index is 12.2. The van der Waals surface area contributed by atoms with E-state index < -0.39 is 0 Å². The second-order valence-corrected chi connectivity index (χ2v) is 7.04. The Kier molecular flexibility index (Phi) is 7.54. The molecule has 1 unspecified atom stereocenters. The van der Waals surface area contributed by atoms with E-state index in [0.29, 0.717) is 18.0 Å². The molecule has 3 N–H and O–H groups in total. The summed E-state index contributed by atoms with van der Waals surface area (Å²) >= 11 is 0. The lowest BCUT2D eigenvalue weighted by molar-refractivity contribution is -0.121. The first-order chi connectivity index (χ1) is 12.5. The fraction of sp³-hybridized carbons (Fsp3) is 0.364. The molecule has 0 fully saturated rings. The van der Waals surface area contributed by atoms with Crippen LogP contribution in [0.4, 0.5) is 0 Å². The van der Waals surface area contributed by atoms with Crippen LogP contribution in [0.5, 0.6) is 0 Å². The highest BCUT2D eigenvalue weighted by atomic mass is 16.2. The molecule has 1 atom stereocenters. The van der Waals surface area contributed by atoms with E-state index in [1.165, 1.54) is 5.56 Å². The molecule has 0 aliphatic rings. The number of Topliss-reactive ketones (excluding diaryl/α,β-unsaturated/α-hetero) is 1. The lowest BCUT2D eigenvalue weighted by Gasteiger charge is -2.13. The van der Waals surface area contributed by atoms with Crippen LogP contribution in [0.25, 0.3) is 0 Å². The van der Waals surface area contributed by atoms with E-state index in [2.05, 4.69) is 19.2 Å². The molecule has 0 aliphatic heterocycles. The van der Waals surface area contributed by atoms with Crippen LogP contribution in [0.1, 0.15) is 54.2 Å². The van der Waals surface area contributed by atoms with Gasteiger partial charge in [-0.05, 0) is 23.5 Å². The molecule has 0 aromatic heterocycles. The number of hydrogen-bond donors (Lipinski definition) is 2. The second-order valence-electron chi connectivity index (χ2n) is 7.04. The van der Waals surface area contributed by atoms with Gasteiger partial charge in [0.2, 0.25) is 5.91 Å². The first-order valence-corrected chi connectivity index (χ1v) is 9.15. The molecule has 2 aromatic rings. The van der Waals surface area contributed by atoms with Crippen LogP contribution in [0.15, 0.2) is 54.6 Å². The topological polar surface area (TPSA) is 72.2 Å². The number of nitrogens with one attached hydrogen (secondary N) is 1. The quantitative estimate of drug-likeness (QED) is 0.677. The van der Waals surface area contributed by atoms with Gasteiger partial charge in [-0.15, -0.1) is 0 Å². The molecule has 2 aromatic carbocycles. The third kappa shape index (κ3) is 6.45. The van der Waals surface area contributed by atoms with Crippen molar-refractivity contribution in [3.05, 3.63) is 71.3 Å². The van der Waals surface area contributed by atoms with Crippen molar-refractivity contribution in [2.45, 2.75) is 39.2 Å². The van der Waals surface area contributed by atoms with Crippen molar-refractivity contribution >= 4 is 11.7 Å². The minimum atomic E-state index is -0.246. The van der Waals surface area contributed by atoms with Crippen molar-refractivity contribution in [2.75, 3.05) is 6.54 Å². The fourth-order valence-corrected chi connectivity index (χ4v) is 2.80. The van der Waals surface area contributed by atoms with Crippen LogP contribution in [-0.2, 0) is 11.2 Å². The van der Waals surface area contributed by atoms with Gasteiger partial charge in [0.1, 0.15) is 0 Å². The number of rotatable bonds is 9. The van der Waals surface area contributed by atoms with Gasteiger partial charge in [-0.25, -0.2) is 0 Å². The van der Waals surface area contributed by atoms with Crippen molar-refractivity contribution in [1.82, 2.24) is 5.32 Å². The number of amides is 1. The first kappa shape index (κ1) is 19.9. The summed E-state index contributed by atoms with van der Waals surface area (Å²) in [5.74, 6) is 0.423. The Morgan fingerprint density at radius 1 is 0.962 bits per heavy atom. The van der Waals surface area contributed by atoms with E-state index >= 15 is 0 Å². The van der Waals surface area contributed by atoms with Crippen LogP contribution in [0, 0.1) is 5.92 Å². The maximum atomic E-state index is 12.2. The Bertz CT molecular complexity index is 709. The Labute approximate surface area is 155 Å². The molecule has 4 nitrogen and oxygen atoms in total. The Hall–Kier alpha value is -2.46. The van der Waals surface area contributed by atoms with Crippen molar-refractivity contribution in [3.8, 4) is 0 Å². The minimum Gasteiger partial charge on any atom is -0.354 e. The van der Waals surface area contributed by atoms with E-state index in [0.717, 1.165) is 12.0 Å². The Morgan fingerprint density at radius 2 is 1.62 bits per heavy atom. The summed E-state index contributed by atoms with van der Waals surface area (Å²) in [6, 6.07) is 17.1. The van der Waals surface area contributed by atoms with Gasteiger partial charge in [0.15, 0.2) is 5.78 Å². The maximum Gasteiger partial charge on any atom is 0.220 e. The summed E-state index contributed by atoms with van der Waals surface area (Å²) in [4.78, 5) is 24.2. The monoisotopic (exact) mass is 352 g/mol. The Balaban J connectivity index is 1.75. The zero-order valence-electron chi connectivity index (χ0n) is 15.6. The van der Waals surface area contributed by atoms with Crippen LogP contribution < -0.4 is 11.1 Å². The second kappa shape index (κ2) is 9.88. The smallest absolute Gasteiger partial charge is 0.220 e. The zero-order valence-corrected chi connectivity index (χ0v) is 15.6. The predicted octanol–water partition coefficient (Wildman–Crippen LogP) is 3.66. The molecule has 0 bridgehead atoms. The van der Waals surface area contributed by atoms with Crippen molar-refractivity contribution in [3.63, 3.8) is 0 Å². The van der Waals surface area contributed by atoms with Gasteiger partial charge in [-0.1, -0.05) is 68.4 Å². The van der Waals surface area contributed by atoms with Crippen LogP contribution in [0.2, 0.25) is 0 Å². The number of ketones is 1. The lowest BCUT2D eigenvalue weighted by atomic mass is 9.99. The molecule has 138 valence electrons. The van der Waals surface area contributed by atoms with E-state index in [-0.39, 0.29) is 30.6 Å². The third-order valence-electron chi connectivity index (χ3n) is 4.25. The molecule has 0 aliphatic carbocycles. The lowest BCUT2D eigenvalue weighted by Crippen LogP contribution is -2.32. The molecular formula is C22H28N2O2. The molecule has 0 saturated heterocycles. The highest BCUT2D eigenvalue weighted by Crippen LogP contribution is 2.12. The average Bonchev–Trinajstić information content (AvgIpc) is 2.65. The minimum absolute atomic E-state index is 0.0106. The van der Waals surface area contributed by atoms with Gasteiger partial charge >= 0.3 is 0 Å². The Morgan fingerprint density at radius 3 is 2.23 bits per heavy atom. The van der Waals surface area contributed by atoms with Gasteiger partial charge in [-0.3, -0.25) is 9.59 Å². The van der Waals surface area contributed by atoms with Crippen molar-refractivity contribution < 1.29 is 9.59 Å². The van der Waals surface area contributed by atoms with Crippen molar-refractivity contribution in [2.24, 2.45) is 11.7 Å². The molecule has 0 spiro atoms. The highest BCUT2D eigenvalue weighted by Gasteiger charge is 2.11. The van der Waals surface area contributed by atoms with Gasteiger partial charge in [0, 0.05) is 31.0 Å². The summed E-state index contributed by atoms with van der Waals surface area (Å²) in [6.45, 7) is 4.70. The molecule has 1 amide bonds. The van der Waals surface area contributed by atoms with Gasteiger partial charge in [0.25, 0.3) is 0 Å². The molecule has 4 heteroatoms. The van der Waals surface area contributed by atoms with Gasteiger partial charge < -0.3 is 11.1 Å². The summed E-state index contributed by atoms with van der Waals surface area (Å²) in [6.07, 6.45) is 1.38. The first-order valence-electron chi connectivity index (χ1n) is 9.15. The van der Waals surface area contributed by atoms with E-state index in [1.807, 2.05) is 54.6 Å². The highest BCUT2D eigenvalue weighted by molar-refractivity contribution is 5.97. The van der Waals surface area contributed by atoms with Crippen LogP contribution in [-0.4, -0.2) is 18.2 Å². The summed E-state index contributed by atoms with van der Waals surface area (Å²) in [7, 11) is 0. The molecule has 0 heterocycles. The molecule has 2 rings (SSSR count). The molecular weight excluding hydrogens is 324 g/mol. The summed E-state index contributed by atoms with van der Waals surface area (Å²) in [5.41, 5.74) is 8.92. The molecule has 0 radical (unpaired) electrons. The van der Waals surface area contributed by atoms with Crippen LogP contribution >= 0.6 is 0 Å². The normalized spacial score (nSPS) is 12.0. The number of benzene rings is 2. The number of nitrogens with two attached hydrogens (primary N) is 1. The standard InChI is InChI=1S/C22H28N2O2/c1-16(2)14-17-8-10-19(11-9-17)21(25)12-13-22(26)24-15-20(23)18-6-4-3-5-7-18/h3-11,16,20H,12-15,23H2,1-2H3,(H,24,26). The van der Waals surface area contributed by atoms with Gasteiger partial charge in [0.05, 0.1) is 0 Å². The van der Waals surface area contributed by atoms with Crippen LogP contribution in [0.3, 0.4) is 0 Å².